The molecule has 3 rings (SSSR count). The lowest BCUT2D eigenvalue weighted by atomic mass is 9.98. The zero-order chi connectivity index (χ0) is 24.2. The molecule has 0 saturated heterocycles. The zero-order valence-corrected chi connectivity index (χ0v) is 21.8. The second-order valence-electron chi connectivity index (χ2n) is 9.73. The SMILES string of the molecule is CCCSNc1cccc(-c2nc(C(C)(C)C)sc2-c2ccnc(CCC(C)(C)O)n2)c1F. The maximum absolute atomic E-state index is 15.5. The van der Waals surface area contributed by atoms with Crippen molar-refractivity contribution < 1.29 is 9.50 Å². The first kappa shape index (κ1) is 25.6. The summed E-state index contributed by atoms with van der Waals surface area (Å²) < 4.78 is 18.7. The first-order chi connectivity index (χ1) is 15.5. The molecule has 2 N–H and O–H groups in total. The van der Waals surface area contributed by atoms with Crippen LogP contribution in [0, 0.1) is 5.82 Å². The Labute approximate surface area is 204 Å². The van der Waals surface area contributed by atoms with Crippen LogP contribution in [0.2, 0.25) is 0 Å². The number of benzene rings is 1. The third kappa shape index (κ3) is 6.74. The van der Waals surface area contributed by atoms with E-state index in [1.807, 2.05) is 12.1 Å². The van der Waals surface area contributed by atoms with E-state index >= 15 is 4.39 Å². The Balaban J connectivity index is 2.07. The zero-order valence-electron chi connectivity index (χ0n) is 20.2. The van der Waals surface area contributed by atoms with Crippen molar-refractivity contribution in [1.29, 1.82) is 0 Å². The molecule has 0 saturated carbocycles. The number of halogens is 1. The van der Waals surface area contributed by atoms with Gasteiger partial charge in [-0.1, -0.05) is 45.7 Å². The minimum absolute atomic E-state index is 0.183. The Morgan fingerprint density at radius 1 is 1.12 bits per heavy atom. The van der Waals surface area contributed by atoms with E-state index in [0.29, 0.717) is 35.6 Å². The number of nitrogens with zero attached hydrogens (tertiary/aromatic N) is 3. The van der Waals surface area contributed by atoms with Gasteiger partial charge in [-0.05, 0) is 44.9 Å². The van der Waals surface area contributed by atoms with Gasteiger partial charge in [0, 0.05) is 29.3 Å². The highest BCUT2D eigenvalue weighted by Gasteiger charge is 2.26. The fourth-order valence-corrected chi connectivity index (χ4v) is 4.81. The average Bonchev–Trinajstić information content (AvgIpc) is 3.19. The van der Waals surface area contributed by atoms with E-state index in [0.717, 1.165) is 27.8 Å². The Bertz CT molecular complexity index is 1090. The third-order valence-corrected chi connectivity index (χ3v) is 7.39. The number of nitrogens with one attached hydrogen (secondary N) is 1. The molecule has 2 aromatic heterocycles. The maximum Gasteiger partial charge on any atom is 0.156 e. The molecule has 1 aromatic carbocycles. The van der Waals surface area contributed by atoms with Crippen LogP contribution in [0.3, 0.4) is 0 Å². The van der Waals surface area contributed by atoms with Gasteiger partial charge in [-0.15, -0.1) is 11.3 Å². The second-order valence-corrected chi connectivity index (χ2v) is 11.6. The average molecular weight is 489 g/mol. The van der Waals surface area contributed by atoms with Gasteiger partial charge in [0.05, 0.1) is 32.6 Å². The first-order valence-corrected chi connectivity index (χ1v) is 13.0. The van der Waals surface area contributed by atoms with Gasteiger partial charge in [-0.2, -0.15) is 0 Å². The van der Waals surface area contributed by atoms with E-state index in [9.17, 15) is 5.11 Å². The van der Waals surface area contributed by atoms with Crippen LogP contribution in [-0.2, 0) is 11.8 Å². The molecule has 5 nitrogen and oxygen atoms in total. The molecule has 0 bridgehead atoms. The van der Waals surface area contributed by atoms with Gasteiger partial charge < -0.3 is 9.83 Å². The van der Waals surface area contributed by atoms with Crippen LogP contribution in [0.15, 0.2) is 30.5 Å². The summed E-state index contributed by atoms with van der Waals surface area (Å²) in [4.78, 5) is 14.8. The maximum atomic E-state index is 15.5. The van der Waals surface area contributed by atoms with E-state index in [2.05, 4.69) is 37.4 Å². The first-order valence-electron chi connectivity index (χ1n) is 11.2. The third-order valence-electron chi connectivity index (χ3n) is 4.91. The molecule has 0 atom stereocenters. The van der Waals surface area contributed by atoms with E-state index in [4.69, 9.17) is 9.97 Å². The number of hydrogen-bond donors (Lipinski definition) is 2. The van der Waals surface area contributed by atoms with E-state index in [-0.39, 0.29) is 11.2 Å². The number of aromatic nitrogens is 3. The van der Waals surface area contributed by atoms with E-state index in [1.165, 1.54) is 23.3 Å². The standard InChI is InChI=1S/C25H33FN4OS2/c1-7-15-32-30-17-10-8-9-16(20(17)26)21-22(33-23(29-21)24(2,3)4)18-12-14-27-19(28-18)11-13-25(5,6)31/h8-10,12,14,30-31H,7,11,13,15H2,1-6H3. The largest absolute Gasteiger partial charge is 0.390 e. The van der Waals surface area contributed by atoms with Crippen LogP contribution >= 0.6 is 23.3 Å². The van der Waals surface area contributed by atoms with Gasteiger partial charge in [0.2, 0.25) is 0 Å². The predicted octanol–water partition coefficient (Wildman–Crippen LogP) is 6.88. The van der Waals surface area contributed by atoms with Crippen molar-refractivity contribution in [2.75, 3.05) is 10.5 Å². The number of aliphatic hydroxyl groups is 1. The summed E-state index contributed by atoms with van der Waals surface area (Å²) in [5, 5.41) is 11.0. The Hall–Kier alpha value is -2.03. The molecule has 3 aromatic rings. The summed E-state index contributed by atoms with van der Waals surface area (Å²) in [6, 6.07) is 7.21. The number of rotatable bonds is 9. The molecule has 0 spiro atoms. The van der Waals surface area contributed by atoms with Crippen molar-refractivity contribution in [2.45, 2.75) is 71.8 Å². The van der Waals surface area contributed by atoms with Crippen molar-refractivity contribution >= 4 is 29.0 Å². The van der Waals surface area contributed by atoms with Gasteiger partial charge in [-0.25, -0.2) is 19.3 Å². The molecule has 0 aliphatic heterocycles. The molecule has 2 heterocycles. The lowest BCUT2D eigenvalue weighted by Crippen LogP contribution is -2.19. The summed E-state index contributed by atoms with van der Waals surface area (Å²) in [6.45, 7) is 11.9. The van der Waals surface area contributed by atoms with Crippen LogP contribution in [-0.4, -0.2) is 31.4 Å². The van der Waals surface area contributed by atoms with Crippen LogP contribution < -0.4 is 4.72 Å². The van der Waals surface area contributed by atoms with Gasteiger partial charge in [0.25, 0.3) is 0 Å². The summed E-state index contributed by atoms with van der Waals surface area (Å²) in [5.74, 6) is 1.23. The molecule has 178 valence electrons. The minimum Gasteiger partial charge on any atom is -0.390 e. The Kier molecular flexibility index (Phi) is 8.13. The summed E-state index contributed by atoms with van der Waals surface area (Å²) in [7, 11) is 0. The van der Waals surface area contributed by atoms with E-state index in [1.54, 1.807) is 32.2 Å². The monoisotopic (exact) mass is 488 g/mol. The van der Waals surface area contributed by atoms with E-state index < -0.39 is 5.60 Å². The smallest absolute Gasteiger partial charge is 0.156 e. The number of anilines is 1. The molecule has 0 aliphatic rings. The van der Waals surface area contributed by atoms with Crippen LogP contribution in [0.25, 0.3) is 21.8 Å². The van der Waals surface area contributed by atoms with Gasteiger partial charge in [0.15, 0.2) is 5.82 Å². The Morgan fingerprint density at radius 2 is 1.88 bits per heavy atom. The highest BCUT2D eigenvalue weighted by Crippen LogP contribution is 2.41. The molecule has 0 aliphatic carbocycles. The van der Waals surface area contributed by atoms with Crippen LogP contribution in [0.4, 0.5) is 10.1 Å². The summed E-state index contributed by atoms with van der Waals surface area (Å²) in [5.41, 5.74) is 1.25. The summed E-state index contributed by atoms with van der Waals surface area (Å²) >= 11 is 3.03. The molecule has 0 fully saturated rings. The topological polar surface area (TPSA) is 70.9 Å². The minimum atomic E-state index is -0.791. The number of aryl methyl sites for hydroxylation is 1. The van der Waals surface area contributed by atoms with Crippen LogP contribution in [0.1, 0.15) is 65.2 Å². The fraction of sp³-hybridized carbons (Fsp3) is 0.480. The molecule has 8 heteroatoms. The predicted molar refractivity (Wildman–Crippen MR) is 138 cm³/mol. The van der Waals surface area contributed by atoms with Gasteiger partial charge >= 0.3 is 0 Å². The van der Waals surface area contributed by atoms with Crippen molar-refractivity contribution in [3.05, 3.63) is 47.1 Å². The number of thiazole rings is 1. The van der Waals surface area contributed by atoms with Crippen molar-refractivity contribution in [3.63, 3.8) is 0 Å². The molecular weight excluding hydrogens is 455 g/mol. The lowest BCUT2D eigenvalue weighted by molar-refractivity contribution is 0.0708. The molecule has 0 radical (unpaired) electrons. The van der Waals surface area contributed by atoms with Crippen LogP contribution in [0.5, 0.6) is 0 Å². The Morgan fingerprint density at radius 3 is 2.55 bits per heavy atom. The normalized spacial score (nSPS) is 12.2. The van der Waals surface area contributed by atoms with Crippen molar-refractivity contribution in [3.8, 4) is 21.8 Å². The second kappa shape index (κ2) is 10.5. The molecule has 0 unspecified atom stereocenters. The van der Waals surface area contributed by atoms with Crippen molar-refractivity contribution in [1.82, 2.24) is 15.0 Å². The summed E-state index contributed by atoms with van der Waals surface area (Å²) in [6.07, 6.45) is 3.84. The number of hydrogen-bond acceptors (Lipinski definition) is 7. The highest BCUT2D eigenvalue weighted by molar-refractivity contribution is 8.00. The quantitative estimate of drug-likeness (QED) is 0.253. The highest BCUT2D eigenvalue weighted by atomic mass is 32.2. The van der Waals surface area contributed by atoms with Crippen molar-refractivity contribution in [2.24, 2.45) is 0 Å². The van der Waals surface area contributed by atoms with Gasteiger partial charge in [-0.3, -0.25) is 0 Å². The lowest BCUT2D eigenvalue weighted by Gasteiger charge is -2.16. The molecule has 0 amide bonds. The molecular formula is C25H33FN4OS2. The fourth-order valence-electron chi connectivity index (χ4n) is 3.09. The van der Waals surface area contributed by atoms with Gasteiger partial charge in [0.1, 0.15) is 5.82 Å². The molecule has 33 heavy (non-hydrogen) atoms.